The predicted molar refractivity (Wildman–Crippen MR) is 70.3 cm³/mol. The number of carbonyl (C=O) groups is 1. The summed E-state index contributed by atoms with van der Waals surface area (Å²) >= 11 is 0.856. The predicted octanol–water partition coefficient (Wildman–Crippen LogP) is -0.217. The fraction of sp³-hybridized carbons (Fsp3) is 0.700. The van der Waals surface area contributed by atoms with Gasteiger partial charge in [0, 0.05) is 0 Å². The molecule has 9 heteroatoms. The topological polar surface area (TPSA) is 106 Å². The Labute approximate surface area is 115 Å². The molecule has 7 nitrogen and oxygen atoms in total. The molecule has 0 saturated carbocycles. The molecule has 0 aliphatic carbocycles. The van der Waals surface area contributed by atoms with E-state index in [1.54, 1.807) is 0 Å². The number of hydrogen-bond acceptors (Lipinski definition) is 7. The number of ketones is 1. The Hall–Kier alpha value is -0.900. The fourth-order valence-corrected chi connectivity index (χ4v) is 3.52. The molecular formula is C10H16N4O3S2. The van der Waals surface area contributed by atoms with Crippen molar-refractivity contribution in [1.29, 1.82) is 0 Å². The van der Waals surface area contributed by atoms with E-state index in [4.69, 9.17) is 5.14 Å². The average molecular weight is 304 g/mol. The Kier molecular flexibility index (Phi) is 4.61. The van der Waals surface area contributed by atoms with E-state index in [9.17, 15) is 13.2 Å². The van der Waals surface area contributed by atoms with Gasteiger partial charge in [0.2, 0.25) is 4.34 Å². The lowest BCUT2D eigenvalue weighted by Gasteiger charge is -2.25. The standard InChI is InChI=1S/C10H16N4O3S2/c11-19(16,17)10-13-12-9(18-10)6-8(15)7-14-4-2-1-3-5-14/h1-7H2,(H2,11,16,17). The first-order valence-electron chi connectivity index (χ1n) is 6.04. The van der Waals surface area contributed by atoms with Gasteiger partial charge in [-0.1, -0.05) is 17.8 Å². The molecule has 0 spiro atoms. The van der Waals surface area contributed by atoms with Gasteiger partial charge in [-0.05, 0) is 25.9 Å². The van der Waals surface area contributed by atoms with Crippen LogP contribution in [0.2, 0.25) is 0 Å². The van der Waals surface area contributed by atoms with Gasteiger partial charge in [-0.15, -0.1) is 10.2 Å². The largest absolute Gasteiger partial charge is 0.298 e. The number of nitrogens with two attached hydrogens (primary N) is 1. The van der Waals surface area contributed by atoms with Crippen LogP contribution in [0.5, 0.6) is 0 Å². The third-order valence-corrected chi connectivity index (χ3v) is 5.12. The van der Waals surface area contributed by atoms with Gasteiger partial charge in [-0.2, -0.15) is 0 Å². The number of sulfonamides is 1. The van der Waals surface area contributed by atoms with Crippen LogP contribution in [-0.4, -0.2) is 48.9 Å². The number of aromatic nitrogens is 2. The number of carbonyl (C=O) groups excluding carboxylic acids is 1. The molecule has 1 fully saturated rings. The maximum Gasteiger partial charge on any atom is 0.267 e. The highest BCUT2D eigenvalue weighted by atomic mass is 32.2. The molecule has 2 rings (SSSR count). The molecule has 0 atom stereocenters. The highest BCUT2D eigenvalue weighted by molar-refractivity contribution is 7.91. The van der Waals surface area contributed by atoms with Gasteiger partial charge in [-0.3, -0.25) is 9.69 Å². The zero-order valence-electron chi connectivity index (χ0n) is 10.4. The highest BCUT2D eigenvalue weighted by Gasteiger charge is 2.18. The van der Waals surface area contributed by atoms with Crippen molar-refractivity contribution >= 4 is 27.1 Å². The van der Waals surface area contributed by atoms with E-state index in [1.807, 2.05) is 0 Å². The third kappa shape index (κ3) is 4.30. The zero-order valence-corrected chi connectivity index (χ0v) is 12.0. The quantitative estimate of drug-likeness (QED) is 0.806. The second-order valence-electron chi connectivity index (χ2n) is 4.56. The molecule has 106 valence electrons. The van der Waals surface area contributed by atoms with Crippen LogP contribution in [0.3, 0.4) is 0 Å². The van der Waals surface area contributed by atoms with Crippen LogP contribution in [0, 0.1) is 0 Å². The van der Waals surface area contributed by atoms with Crippen molar-refractivity contribution in [2.45, 2.75) is 30.0 Å². The summed E-state index contributed by atoms with van der Waals surface area (Å²) in [7, 11) is -3.82. The molecule has 0 radical (unpaired) electrons. The first kappa shape index (κ1) is 14.5. The first-order valence-corrected chi connectivity index (χ1v) is 8.40. The number of hydrogen-bond donors (Lipinski definition) is 1. The van der Waals surface area contributed by atoms with Gasteiger partial charge in [0.15, 0.2) is 5.78 Å². The van der Waals surface area contributed by atoms with E-state index in [0.717, 1.165) is 37.3 Å². The van der Waals surface area contributed by atoms with Crippen molar-refractivity contribution in [3.05, 3.63) is 5.01 Å². The minimum absolute atomic E-state index is 0.0269. The van der Waals surface area contributed by atoms with Gasteiger partial charge >= 0.3 is 0 Å². The molecule has 2 N–H and O–H groups in total. The van der Waals surface area contributed by atoms with Crippen molar-refractivity contribution in [2.75, 3.05) is 19.6 Å². The Bertz CT molecular complexity index is 549. The van der Waals surface area contributed by atoms with Crippen LogP contribution in [-0.2, 0) is 21.2 Å². The van der Waals surface area contributed by atoms with Crippen LogP contribution in [0.15, 0.2) is 4.34 Å². The molecule has 1 aliphatic heterocycles. The SMILES string of the molecule is NS(=O)(=O)c1nnc(CC(=O)CN2CCCCC2)s1. The van der Waals surface area contributed by atoms with Crippen molar-refractivity contribution in [1.82, 2.24) is 15.1 Å². The van der Waals surface area contributed by atoms with Crippen LogP contribution >= 0.6 is 11.3 Å². The van der Waals surface area contributed by atoms with Crippen molar-refractivity contribution in [3.63, 3.8) is 0 Å². The second kappa shape index (κ2) is 6.04. The summed E-state index contributed by atoms with van der Waals surface area (Å²) in [5, 5.41) is 12.5. The summed E-state index contributed by atoms with van der Waals surface area (Å²) in [5.74, 6) is 0.0269. The van der Waals surface area contributed by atoms with Crippen molar-refractivity contribution in [2.24, 2.45) is 5.14 Å². The van der Waals surface area contributed by atoms with Crippen LogP contribution in [0.25, 0.3) is 0 Å². The van der Waals surface area contributed by atoms with E-state index in [2.05, 4.69) is 15.1 Å². The Morgan fingerprint density at radius 3 is 2.53 bits per heavy atom. The number of nitrogens with zero attached hydrogens (tertiary/aromatic N) is 3. The normalized spacial score (nSPS) is 17.5. The molecule has 0 amide bonds. The Morgan fingerprint density at radius 1 is 1.26 bits per heavy atom. The summed E-state index contributed by atoms with van der Waals surface area (Å²) in [5.41, 5.74) is 0. The Balaban J connectivity index is 1.90. The van der Waals surface area contributed by atoms with Crippen LogP contribution < -0.4 is 5.14 Å². The van der Waals surface area contributed by atoms with E-state index in [-0.39, 0.29) is 16.5 Å². The summed E-state index contributed by atoms with van der Waals surface area (Å²) in [6, 6.07) is 0. The maximum atomic E-state index is 11.9. The molecule has 2 heterocycles. The van der Waals surface area contributed by atoms with Gasteiger partial charge in [0.25, 0.3) is 10.0 Å². The number of likely N-dealkylation sites (tertiary alicyclic amines) is 1. The second-order valence-corrected chi connectivity index (χ2v) is 7.36. The molecule has 0 aromatic carbocycles. The first-order chi connectivity index (χ1) is 8.95. The number of Topliss-reactive ketones (excluding diaryl/α,β-unsaturated/α-hetero) is 1. The summed E-state index contributed by atoms with van der Waals surface area (Å²) in [6.07, 6.45) is 3.59. The van der Waals surface area contributed by atoms with Crippen molar-refractivity contribution in [3.8, 4) is 0 Å². The summed E-state index contributed by atoms with van der Waals surface area (Å²) < 4.78 is 21.8. The molecule has 1 saturated heterocycles. The Morgan fingerprint density at radius 2 is 1.95 bits per heavy atom. The summed E-state index contributed by atoms with van der Waals surface area (Å²) in [4.78, 5) is 14.0. The van der Waals surface area contributed by atoms with E-state index < -0.39 is 10.0 Å². The number of rotatable bonds is 5. The number of piperidine rings is 1. The molecular weight excluding hydrogens is 288 g/mol. The monoisotopic (exact) mass is 304 g/mol. The van der Waals surface area contributed by atoms with Crippen molar-refractivity contribution < 1.29 is 13.2 Å². The molecule has 19 heavy (non-hydrogen) atoms. The van der Waals surface area contributed by atoms with Crippen LogP contribution in [0.1, 0.15) is 24.3 Å². The molecule has 0 bridgehead atoms. The van der Waals surface area contributed by atoms with E-state index in [0.29, 0.717) is 11.6 Å². The van der Waals surface area contributed by atoms with Gasteiger partial charge in [0.1, 0.15) is 5.01 Å². The number of primary sulfonamides is 1. The highest BCUT2D eigenvalue weighted by Crippen LogP contribution is 2.15. The minimum atomic E-state index is -3.82. The van der Waals surface area contributed by atoms with Gasteiger partial charge < -0.3 is 0 Å². The van der Waals surface area contributed by atoms with Gasteiger partial charge in [0.05, 0.1) is 13.0 Å². The lowest BCUT2D eigenvalue weighted by Crippen LogP contribution is -2.35. The molecule has 1 aromatic heterocycles. The summed E-state index contributed by atoms with van der Waals surface area (Å²) in [6.45, 7) is 2.29. The lowest BCUT2D eigenvalue weighted by atomic mass is 10.1. The minimum Gasteiger partial charge on any atom is -0.298 e. The lowest BCUT2D eigenvalue weighted by molar-refractivity contribution is -0.119. The molecule has 1 aliphatic rings. The molecule has 1 aromatic rings. The molecule has 0 unspecified atom stereocenters. The van der Waals surface area contributed by atoms with E-state index in [1.165, 1.54) is 6.42 Å². The van der Waals surface area contributed by atoms with Gasteiger partial charge in [-0.25, -0.2) is 13.6 Å². The third-order valence-electron chi connectivity index (χ3n) is 2.89. The zero-order chi connectivity index (χ0) is 13.9. The maximum absolute atomic E-state index is 11.9. The average Bonchev–Trinajstić information content (AvgIpc) is 2.78. The van der Waals surface area contributed by atoms with E-state index >= 15 is 0 Å². The smallest absolute Gasteiger partial charge is 0.267 e. The fourth-order valence-electron chi connectivity index (χ4n) is 2.02. The van der Waals surface area contributed by atoms with Crippen LogP contribution in [0.4, 0.5) is 0 Å².